The van der Waals surface area contributed by atoms with Crippen LogP contribution in [0.25, 0.3) is 0 Å². The quantitative estimate of drug-likeness (QED) is 0.797. The molecule has 0 atom stereocenters. The van der Waals surface area contributed by atoms with Crippen molar-refractivity contribution < 1.29 is 4.79 Å². The molecule has 1 amide bonds. The normalized spacial score (nSPS) is 11.4. The number of hydrogen-bond acceptors (Lipinski definition) is 3. The third-order valence-electron chi connectivity index (χ3n) is 1.82. The van der Waals surface area contributed by atoms with Crippen LogP contribution in [0, 0.1) is 0 Å². The molecule has 0 aliphatic heterocycles. The molecule has 1 aromatic heterocycles. The average molecular weight is 261 g/mol. The van der Waals surface area contributed by atoms with Crippen molar-refractivity contribution in [2.45, 2.75) is 25.8 Å². The summed E-state index contributed by atoms with van der Waals surface area (Å²) in [6.07, 6.45) is 2.26. The molecular weight excluding hydrogens is 248 g/mol. The molecule has 0 spiro atoms. The first-order valence-corrected chi connectivity index (χ1v) is 5.41. The molecule has 0 saturated heterocycles. The van der Waals surface area contributed by atoms with Crippen LogP contribution < -0.4 is 5.32 Å². The van der Waals surface area contributed by atoms with Crippen molar-refractivity contribution in [3.8, 4) is 0 Å². The lowest BCUT2D eigenvalue weighted by Gasteiger charge is -2.24. The van der Waals surface area contributed by atoms with Gasteiger partial charge in [0, 0.05) is 10.9 Å². The van der Waals surface area contributed by atoms with Gasteiger partial charge in [0.2, 0.25) is 0 Å². The van der Waals surface area contributed by atoms with E-state index < -0.39 is 0 Å². The Balaban J connectivity index is 2.57. The van der Waals surface area contributed by atoms with E-state index in [-0.39, 0.29) is 11.4 Å². The molecule has 0 fully saturated rings. The zero-order valence-electron chi connectivity index (χ0n) is 8.17. The number of carbonyl (C=O) groups is 1. The number of hydrogen-bond donors (Lipinski definition) is 2. The number of carbonyl (C=O) groups excluding carboxylic acids is 1. The first-order chi connectivity index (χ1) is 6.55. The fourth-order valence-electron chi connectivity index (χ4n) is 0.981. The third-order valence-corrected chi connectivity index (χ3v) is 2.22. The molecular formula is C8H13BrN4O. The molecule has 2 N–H and O–H groups in total. The van der Waals surface area contributed by atoms with Gasteiger partial charge in [-0.15, -0.1) is 0 Å². The van der Waals surface area contributed by atoms with Gasteiger partial charge in [-0.3, -0.25) is 4.79 Å². The second kappa shape index (κ2) is 4.54. The Hall–Kier alpha value is -0.910. The van der Waals surface area contributed by atoms with Crippen LogP contribution in [0.2, 0.25) is 0 Å². The van der Waals surface area contributed by atoms with E-state index in [0.717, 1.165) is 11.8 Å². The highest BCUT2D eigenvalue weighted by molar-refractivity contribution is 9.09. The topological polar surface area (TPSA) is 70.7 Å². The van der Waals surface area contributed by atoms with Crippen molar-refractivity contribution in [3.05, 3.63) is 11.9 Å². The van der Waals surface area contributed by atoms with Crippen molar-refractivity contribution in [3.63, 3.8) is 0 Å². The van der Waals surface area contributed by atoms with Crippen LogP contribution in [0.1, 0.15) is 30.8 Å². The van der Waals surface area contributed by atoms with Gasteiger partial charge in [0.05, 0.1) is 6.20 Å². The molecule has 5 nitrogen and oxygen atoms in total. The summed E-state index contributed by atoms with van der Waals surface area (Å²) >= 11 is 3.34. The SMILES string of the molecule is CC(C)(CCBr)NC(=O)c1cn[nH]n1. The summed E-state index contributed by atoms with van der Waals surface area (Å²) in [5, 5.41) is 13.4. The van der Waals surface area contributed by atoms with Gasteiger partial charge in [-0.2, -0.15) is 15.4 Å². The Kier molecular flexibility index (Phi) is 3.62. The number of nitrogens with zero attached hydrogens (tertiary/aromatic N) is 2. The maximum atomic E-state index is 11.5. The number of aromatic amines is 1. The van der Waals surface area contributed by atoms with Crippen molar-refractivity contribution in [1.82, 2.24) is 20.7 Å². The van der Waals surface area contributed by atoms with Crippen LogP contribution in [0.4, 0.5) is 0 Å². The largest absolute Gasteiger partial charge is 0.346 e. The molecule has 14 heavy (non-hydrogen) atoms. The predicted octanol–water partition coefficient (Wildman–Crippen LogP) is 1.10. The summed E-state index contributed by atoms with van der Waals surface area (Å²) in [4.78, 5) is 11.5. The van der Waals surface area contributed by atoms with E-state index >= 15 is 0 Å². The van der Waals surface area contributed by atoms with Crippen LogP contribution in [0.3, 0.4) is 0 Å². The molecule has 0 unspecified atom stereocenters. The summed E-state index contributed by atoms with van der Waals surface area (Å²) in [6, 6.07) is 0. The van der Waals surface area contributed by atoms with E-state index in [4.69, 9.17) is 0 Å². The van der Waals surface area contributed by atoms with Gasteiger partial charge >= 0.3 is 0 Å². The third kappa shape index (κ3) is 3.10. The molecule has 0 radical (unpaired) electrons. The minimum atomic E-state index is -0.237. The summed E-state index contributed by atoms with van der Waals surface area (Å²) in [7, 11) is 0. The number of amides is 1. The molecule has 78 valence electrons. The second-order valence-corrected chi connectivity index (χ2v) is 4.43. The molecule has 1 aromatic rings. The minimum absolute atomic E-state index is 0.204. The van der Waals surface area contributed by atoms with Crippen LogP contribution in [0.5, 0.6) is 0 Å². The fraction of sp³-hybridized carbons (Fsp3) is 0.625. The standard InChI is InChI=1S/C8H13BrN4O/c1-8(2,3-4-9)11-7(14)6-5-10-13-12-6/h5H,3-4H2,1-2H3,(H,11,14)(H,10,12,13). The highest BCUT2D eigenvalue weighted by Gasteiger charge is 2.21. The highest BCUT2D eigenvalue weighted by Crippen LogP contribution is 2.10. The molecule has 1 rings (SSSR count). The Morgan fingerprint density at radius 3 is 2.93 bits per heavy atom. The van der Waals surface area contributed by atoms with Gasteiger partial charge in [0.15, 0.2) is 5.69 Å². The lowest BCUT2D eigenvalue weighted by Crippen LogP contribution is -2.43. The van der Waals surface area contributed by atoms with Crippen molar-refractivity contribution in [2.24, 2.45) is 0 Å². The number of nitrogens with one attached hydrogen (secondary N) is 2. The van der Waals surface area contributed by atoms with E-state index in [1.54, 1.807) is 0 Å². The maximum Gasteiger partial charge on any atom is 0.273 e. The minimum Gasteiger partial charge on any atom is -0.346 e. The second-order valence-electron chi connectivity index (χ2n) is 3.63. The summed E-state index contributed by atoms with van der Waals surface area (Å²) in [6.45, 7) is 3.93. The van der Waals surface area contributed by atoms with Gasteiger partial charge in [-0.1, -0.05) is 15.9 Å². The van der Waals surface area contributed by atoms with Crippen LogP contribution in [-0.4, -0.2) is 32.2 Å². The Morgan fingerprint density at radius 2 is 2.43 bits per heavy atom. The predicted molar refractivity (Wildman–Crippen MR) is 56.3 cm³/mol. The number of rotatable bonds is 4. The Morgan fingerprint density at radius 1 is 1.71 bits per heavy atom. The van der Waals surface area contributed by atoms with Gasteiger partial charge in [-0.05, 0) is 20.3 Å². The first kappa shape index (κ1) is 11.2. The monoisotopic (exact) mass is 260 g/mol. The van der Waals surface area contributed by atoms with E-state index in [1.807, 2.05) is 13.8 Å². The summed E-state index contributed by atoms with van der Waals surface area (Å²) in [5.74, 6) is -0.204. The molecule has 0 aromatic carbocycles. The van der Waals surface area contributed by atoms with Gasteiger partial charge in [0.1, 0.15) is 0 Å². The Labute approximate surface area is 90.8 Å². The van der Waals surface area contributed by atoms with E-state index in [0.29, 0.717) is 5.69 Å². The molecule has 0 aliphatic carbocycles. The van der Waals surface area contributed by atoms with Crippen molar-refractivity contribution >= 4 is 21.8 Å². The molecule has 0 aliphatic rings. The lowest BCUT2D eigenvalue weighted by molar-refractivity contribution is 0.0906. The number of aromatic nitrogens is 3. The number of halogens is 1. The van der Waals surface area contributed by atoms with Crippen LogP contribution >= 0.6 is 15.9 Å². The van der Waals surface area contributed by atoms with Gasteiger partial charge < -0.3 is 5.32 Å². The zero-order chi connectivity index (χ0) is 10.6. The molecule has 0 saturated carbocycles. The number of alkyl halides is 1. The Bertz CT molecular complexity index is 296. The van der Waals surface area contributed by atoms with E-state index in [2.05, 4.69) is 36.7 Å². The zero-order valence-corrected chi connectivity index (χ0v) is 9.76. The van der Waals surface area contributed by atoms with Gasteiger partial charge in [0.25, 0.3) is 5.91 Å². The summed E-state index contributed by atoms with van der Waals surface area (Å²) in [5.41, 5.74) is 0.0761. The van der Waals surface area contributed by atoms with E-state index in [9.17, 15) is 4.79 Å². The van der Waals surface area contributed by atoms with E-state index in [1.165, 1.54) is 6.20 Å². The van der Waals surface area contributed by atoms with Crippen molar-refractivity contribution in [1.29, 1.82) is 0 Å². The van der Waals surface area contributed by atoms with Crippen LogP contribution in [0.15, 0.2) is 6.20 Å². The lowest BCUT2D eigenvalue weighted by atomic mass is 10.0. The fourth-order valence-corrected chi connectivity index (χ4v) is 1.97. The summed E-state index contributed by atoms with van der Waals surface area (Å²) < 4.78 is 0. The average Bonchev–Trinajstić information content (AvgIpc) is 2.53. The van der Waals surface area contributed by atoms with Crippen molar-refractivity contribution in [2.75, 3.05) is 5.33 Å². The number of H-pyrrole nitrogens is 1. The maximum absolute atomic E-state index is 11.5. The van der Waals surface area contributed by atoms with Crippen LogP contribution in [-0.2, 0) is 0 Å². The van der Waals surface area contributed by atoms with Gasteiger partial charge in [-0.25, -0.2) is 0 Å². The highest BCUT2D eigenvalue weighted by atomic mass is 79.9. The smallest absolute Gasteiger partial charge is 0.273 e. The molecule has 6 heteroatoms. The first-order valence-electron chi connectivity index (χ1n) is 4.29. The molecule has 1 heterocycles. The molecule has 0 bridgehead atoms.